The molecule has 0 spiro atoms. The zero-order valence-corrected chi connectivity index (χ0v) is 13.0. The summed E-state index contributed by atoms with van der Waals surface area (Å²) in [7, 11) is 0. The molecule has 8 heteroatoms. The summed E-state index contributed by atoms with van der Waals surface area (Å²) in [6, 6.07) is 9.26. The molecule has 1 amide bonds. The number of halogens is 2. The largest absolute Gasteiger partial charge is 0.320 e. The summed E-state index contributed by atoms with van der Waals surface area (Å²) in [5, 5.41) is 13.4. The molecular formula is C12H7Br2N3O3. The second-order valence-corrected chi connectivity index (χ2v) is 5.39. The Hall–Kier alpha value is -1.80. The third kappa shape index (κ3) is 3.40. The van der Waals surface area contributed by atoms with Crippen LogP contribution in [0, 0.1) is 10.1 Å². The van der Waals surface area contributed by atoms with E-state index in [0.29, 0.717) is 14.8 Å². The second-order valence-electron chi connectivity index (χ2n) is 3.72. The van der Waals surface area contributed by atoms with Crippen molar-refractivity contribution in [3.63, 3.8) is 0 Å². The average Bonchev–Trinajstić information content (AvgIpc) is 2.40. The van der Waals surface area contributed by atoms with E-state index in [1.54, 1.807) is 24.3 Å². The van der Waals surface area contributed by atoms with Crippen LogP contribution in [0.15, 0.2) is 45.5 Å². The van der Waals surface area contributed by atoms with Gasteiger partial charge in [-0.15, -0.1) is 0 Å². The van der Waals surface area contributed by atoms with Crippen LogP contribution in [0.4, 0.5) is 11.4 Å². The minimum Gasteiger partial charge on any atom is -0.320 e. The Balaban J connectivity index is 2.24. The Kier molecular flexibility index (Phi) is 4.46. The van der Waals surface area contributed by atoms with Gasteiger partial charge in [0.05, 0.1) is 9.40 Å². The maximum Gasteiger partial charge on any atom is 0.285 e. The van der Waals surface area contributed by atoms with Crippen LogP contribution in [0.2, 0.25) is 0 Å². The first-order valence-electron chi connectivity index (χ1n) is 5.35. The number of nitrogens with zero attached hydrogens (tertiary/aromatic N) is 2. The lowest BCUT2D eigenvalue weighted by Crippen LogP contribution is -2.13. The van der Waals surface area contributed by atoms with Crippen LogP contribution in [0.3, 0.4) is 0 Å². The van der Waals surface area contributed by atoms with Gasteiger partial charge in [-0.05, 0) is 56.1 Å². The number of rotatable bonds is 3. The number of hydrogen-bond acceptors (Lipinski definition) is 4. The Bertz CT molecular complexity index is 691. The molecule has 1 heterocycles. The zero-order chi connectivity index (χ0) is 14.7. The average molecular weight is 401 g/mol. The van der Waals surface area contributed by atoms with E-state index < -0.39 is 10.8 Å². The van der Waals surface area contributed by atoms with Gasteiger partial charge in [-0.3, -0.25) is 14.9 Å². The Morgan fingerprint density at radius 2 is 2.00 bits per heavy atom. The maximum atomic E-state index is 12.0. The highest BCUT2D eigenvalue weighted by molar-refractivity contribution is 9.10. The highest BCUT2D eigenvalue weighted by Crippen LogP contribution is 2.27. The fraction of sp³-hybridized carbons (Fsp3) is 0. The third-order valence-electron chi connectivity index (χ3n) is 2.35. The molecule has 6 nitrogen and oxygen atoms in total. The van der Waals surface area contributed by atoms with Gasteiger partial charge in [0, 0.05) is 11.8 Å². The molecule has 0 radical (unpaired) electrons. The number of carbonyl (C=O) groups excluding carboxylic acids is 1. The monoisotopic (exact) mass is 399 g/mol. The molecule has 0 unspecified atom stereocenters. The van der Waals surface area contributed by atoms with Crippen LogP contribution >= 0.6 is 31.9 Å². The van der Waals surface area contributed by atoms with Gasteiger partial charge >= 0.3 is 0 Å². The van der Waals surface area contributed by atoms with Gasteiger partial charge in [0.2, 0.25) is 0 Å². The van der Waals surface area contributed by atoms with E-state index in [-0.39, 0.29) is 11.4 Å². The lowest BCUT2D eigenvalue weighted by Gasteiger charge is -2.05. The fourth-order valence-electron chi connectivity index (χ4n) is 1.46. The normalized spacial score (nSPS) is 10.1. The number of nitrogens with one attached hydrogen (secondary N) is 1. The highest BCUT2D eigenvalue weighted by Gasteiger charge is 2.14. The van der Waals surface area contributed by atoms with Gasteiger partial charge in [0.15, 0.2) is 0 Å². The summed E-state index contributed by atoms with van der Waals surface area (Å²) in [5.41, 5.74) is 0.418. The molecule has 0 saturated carbocycles. The number of nitro groups is 1. The smallest absolute Gasteiger partial charge is 0.285 e. The number of hydrogen-bond donors (Lipinski definition) is 1. The first-order valence-corrected chi connectivity index (χ1v) is 6.94. The SMILES string of the molecule is O=C(Nc1ccc(Br)c([N+](=O)[O-])c1)c1cccc(Br)n1. The minimum atomic E-state index is -0.531. The summed E-state index contributed by atoms with van der Waals surface area (Å²) < 4.78 is 0.882. The molecule has 20 heavy (non-hydrogen) atoms. The van der Waals surface area contributed by atoms with Crippen LogP contribution in [0.5, 0.6) is 0 Å². The van der Waals surface area contributed by atoms with E-state index >= 15 is 0 Å². The van der Waals surface area contributed by atoms with Crippen molar-refractivity contribution in [2.75, 3.05) is 5.32 Å². The molecule has 0 fully saturated rings. The quantitative estimate of drug-likeness (QED) is 0.482. The molecule has 2 aromatic rings. The lowest BCUT2D eigenvalue weighted by molar-refractivity contribution is -0.385. The number of aromatic nitrogens is 1. The fourth-order valence-corrected chi connectivity index (χ4v) is 2.20. The molecule has 0 bridgehead atoms. The maximum absolute atomic E-state index is 12.0. The van der Waals surface area contributed by atoms with Crippen molar-refractivity contribution in [1.82, 2.24) is 4.98 Å². The van der Waals surface area contributed by atoms with Crippen LogP contribution in [-0.2, 0) is 0 Å². The van der Waals surface area contributed by atoms with Gasteiger partial charge in [0.1, 0.15) is 10.3 Å². The number of amides is 1. The van der Waals surface area contributed by atoms with E-state index in [2.05, 4.69) is 42.2 Å². The van der Waals surface area contributed by atoms with Crippen molar-refractivity contribution >= 4 is 49.1 Å². The molecular weight excluding hydrogens is 394 g/mol. The van der Waals surface area contributed by atoms with E-state index in [1.807, 2.05) is 0 Å². The van der Waals surface area contributed by atoms with Crippen molar-refractivity contribution < 1.29 is 9.72 Å². The molecule has 1 aromatic heterocycles. The van der Waals surface area contributed by atoms with Gasteiger partial charge in [0.25, 0.3) is 11.6 Å². The van der Waals surface area contributed by atoms with Gasteiger partial charge in [-0.25, -0.2) is 4.98 Å². The Morgan fingerprint density at radius 3 is 2.65 bits per heavy atom. The van der Waals surface area contributed by atoms with Crippen molar-refractivity contribution in [1.29, 1.82) is 0 Å². The molecule has 0 aliphatic rings. The van der Waals surface area contributed by atoms with Crippen molar-refractivity contribution in [2.45, 2.75) is 0 Å². The van der Waals surface area contributed by atoms with Crippen molar-refractivity contribution in [2.24, 2.45) is 0 Å². The predicted octanol–water partition coefficient (Wildman–Crippen LogP) is 3.77. The van der Waals surface area contributed by atoms with E-state index in [0.717, 1.165) is 0 Å². The summed E-state index contributed by atoms with van der Waals surface area (Å²) in [6.07, 6.45) is 0. The van der Waals surface area contributed by atoms with Gasteiger partial charge in [-0.2, -0.15) is 0 Å². The number of pyridine rings is 1. The van der Waals surface area contributed by atoms with Crippen LogP contribution in [0.25, 0.3) is 0 Å². The van der Waals surface area contributed by atoms with E-state index in [9.17, 15) is 14.9 Å². The van der Waals surface area contributed by atoms with Crippen molar-refractivity contribution in [3.8, 4) is 0 Å². The summed E-state index contributed by atoms with van der Waals surface area (Å²) in [6.45, 7) is 0. The number of carbonyl (C=O) groups is 1. The first-order chi connectivity index (χ1) is 9.47. The van der Waals surface area contributed by atoms with Crippen LogP contribution < -0.4 is 5.32 Å². The van der Waals surface area contributed by atoms with Gasteiger partial charge < -0.3 is 5.32 Å². The number of nitro benzene ring substituents is 1. The molecule has 0 aliphatic heterocycles. The molecule has 1 N–H and O–H groups in total. The first kappa shape index (κ1) is 14.6. The molecule has 1 aromatic carbocycles. The molecule has 2 rings (SSSR count). The molecule has 0 atom stereocenters. The topological polar surface area (TPSA) is 85.1 Å². The van der Waals surface area contributed by atoms with E-state index in [1.165, 1.54) is 12.1 Å². The van der Waals surface area contributed by atoms with Gasteiger partial charge in [-0.1, -0.05) is 6.07 Å². The zero-order valence-electron chi connectivity index (χ0n) is 9.84. The van der Waals surface area contributed by atoms with Crippen molar-refractivity contribution in [3.05, 3.63) is 61.3 Å². The predicted molar refractivity (Wildman–Crippen MR) is 80.7 cm³/mol. The van der Waals surface area contributed by atoms with Crippen LogP contribution in [0.1, 0.15) is 10.5 Å². The number of benzene rings is 1. The highest BCUT2D eigenvalue weighted by atomic mass is 79.9. The summed E-state index contributed by atoms with van der Waals surface area (Å²) >= 11 is 6.25. The molecule has 0 aliphatic carbocycles. The standard InChI is InChI=1S/C12H7Br2N3O3/c13-8-5-4-7(6-10(8)17(19)20)15-12(18)9-2-1-3-11(14)16-9/h1-6H,(H,15,18). The Labute approximate surface area is 130 Å². The lowest BCUT2D eigenvalue weighted by atomic mass is 10.2. The number of anilines is 1. The summed E-state index contributed by atoms with van der Waals surface area (Å²) in [5.74, 6) is -0.442. The van der Waals surface area contributed by atoms with E-state index in [4.69, 9.17) is 0 Å². The molecule has 0 saturated heterocycles. The summed E-state index contributed by atoms with van der Waals surface area (Å²) in [4.78, 5) is 26.3. The third-order valence-corrected chi connectivity index (χ3v) is 3.46. The second kappa shape index (κ2) is 6.10. The minimum absolute atomic E-state index is 0.120. The molecule has 102 valence electrons. The Morgan fingerprint density at radius 1 is 1.25 bits per heavy atom. The van der Waals surface area contributed by atoms with Crippen LogP contribution in [-0.4, -0.2) is 15.8 Å².